The summed E-state index contributed by atoms with van der Waals surface area (Å²) in [6, 6.07) is 3.80. The molecule has 4 N–H and O–H groups in total. The lowest BCUT2D eigenvalue weighted by molar-refractivity contribution is -0.384. The highest BCUT2D eigenvalue weighted by Gasteiger charge is 2.24. The van der Waals surface area contributed by atoms with Gasteiger partial charge in [-0.05, 0) is 18.6 Å². The number of piperazine rings is 1. The smallest absolute Gasteiger partial charge is 0.295 e. The second kappa shape index (κ2) is 6.57. The van der Waals surface area contributed by atoms with Gasteiger partial charge in [0.25, 0.3) is 5.69 Å². The maximum Gasteiger partial charge on any atom is 0.295 e. The highest BCUT2D eigenvalue weighted by molar-refractivity contribution is 7.89. The van der Waals surface area contributed by atoms with E-state index in [1.54, 1.807) is 0 Å². The Bertz CT molecular complexity index is 663. The zero-order chi connectivity index (χ0) is 16.3. The molecule has 0 amide bonds. The summed E-state index contributed by atoms with van der Waals surface area (Å²) in [5, 5.41) is 21.4. The van der Waals surface area contributed by atoms with E-state index in [0.29, 0.717) is 6.54 Å². The van der Waals surface area contributed by atoms with E-state index in [1.807, 2.05) is 11.9 Å². The summed E-state index contributed by atoms with van der Waals surface area (Å²) < 4.78 is 22.6. The van der Waals surface area contributed by atoms with Gasteiger partial charge in [0.1, 0.15) is 5.69 Å². The topological polar surface area (TPSA) is 131 Å². The molecule has 1 fully saturated rings. The molecule has 0 spiro atoms. The number of hydrogen-bond donors (Lipinski definition) is 3. The first-order chi connectivity index (χ1) is 10.3. The average molecular weight is 329 g/mol. The monoisotopic (exact) mass is 329 g/mol. The van der Waals surface area contributed by atoms with E-state index in [0.717, 1.165) is 25.6 Å². The van der Waals surface area contributed by atoms with Crippen LogP contribution >= 0.6 is 0 Å². The van der Waals surface area contributed by atoms with Crippen molar-refractivity contribution in [2.24, 2.45) is 5.14 Å². The molecule has 10 heteroatoms. The molecule has 9 nitrogen and oxygen atoms in total. The molecular weight excluding hydrogens is 310 g/mol. The molecule has 2 rings (SSSR count). The highest BCUT2D eigenvalue weighted by atomic mass is 32.2. The van der Waals surface area contributed by atoms with Crippen molar-refractivity contribution in [3.63, 3.8) is 0 Å². The Hall–Kier alpha value is -1.75. The van der Waals surface area contributed by atoms with E-state index >= 15 is 0 Å². The number of nitrogens with two attached hydrogens (primary N) is 1. The van der Waals surface area contributed by atoms with Crippen molar-refractivity contribution in [3.05, 3.63) is 28.3 Å². The molecule has 122 valence electrons. The van der Waals surface area contributed by atoms with Crippen LogP contribution < -0.4 is 15.9 Å². The van der Waals surface area contributed by atoms with Crippen molar-refractivity contribution >= 4 is 21.4 Å². The maximum atomic E-state index is 11.3. The van der Waals surface area contributed by atoms with Gasteiger partial charge in [0.2, 0.25) is 10.0 Å². The van der Waals surface area contributed by atoms with Gasteiger partial charge in [-0.25, -0.2) is 18.6 Å². The first kappa shape index (κ1) is 16.6. The number of nitrogens with one attached hydrogen (secondary N) is 2. The molecule has 1 heterocycles. The molecule has 22 heavy (non-hydrogen) atoms. The minimum atomic E-state index is -3.98. The number of nitro benzene ring substituents is 1. The van der Waals surface area contributed by atoms with E-state index in [-0.39, 0.29) is 22.3 Å². The summed E-state index contributed by atoms with van der Waals surface area (Å²) in [5.41, 5.74) is 2.95. The number of anilines is 1. The Morgan fingerprint density at radius 1 is 1.55 bits per heavy atom. The molecule has 0 aliphatic carbocycles. The minimum absolute atomic E-state index is 0.200. The second-order valence-corrected chi connectivity index (χ2v) is 6.61. The predicted molar refractivity (Wildman–Crippen MR) is 81.7 cm³/mol. The lowest BCUT2D eigenvalue weighted by Gasteiger charge is -2.36. The fraction of sp³-hybridized carbons (Fsp3) is 0.500. The van der Waals surface area contributed by atoms with Crippen LogP contribution in [0.15, 0.2) is 23.1 Å². The van der Waals surface area contributed by atoms with Crippen molar-refractivity contribution in [3.8, 4) is 0 Å². The summed E-state index contributed by atoms with van der Waals surface area (Å²) in [6.07, 6.45) is 0.878. The van der Waals surface area contributed by atoms with Crippen LogP contribution in [0.25, 0.3) is 0 Å². The van der Waals surface area contributed by atoms with Crippen molar-refractivity contribution in [1.29, 1.82) is 0 Å². The lowest BCUT2D eigenvalue weighted by Crippen LogP contribution is -2.53. The normalized spacial score (nSPS) is 19.8. The van der Waals surface area contributed by atoms with Crippen LogP contribution in [0, 0.1) is 10.1 Å². The minimum Gasteiger partial charge on any atom is -0.314 e. The van der Waals surface area contributed by atoms with E-state index in [1.165, 1.54) is 12.1 Å². The molecule has 1 atom stereocenters. The summed E-state index contributed by atoms with van der Waals surface area (Å²) >= 11 is 0. The van der Waals surface area contributed by atoms with Crippen LogP contribution in [-0.2, 0) is 10.0 Å². The third-order valence-electron chi connectivity index (χ3n) is 3.58. The SMILES string of the molecule is CCC1CNCCN1Nc1ccc(S(N)(=O)=O)cc1[N+](=O)[O-]. The zero-order valence-electron chi connectivity index (χ0n) is 12.2. The lowest BCUT2D eigenvalue weighted by atomic mass is 10.2. The van der Waals surface area contributed by atoms with Crippen molar-refractivity contribution in [1.82, 2.24) is 10.3 Å². The first-order valence-electron chi connectivity index (χ1n) is 6.88. The van der Waals surface area contributed by atoms with Crippen molar-refractivity contribution in [2.45, 2.75) is 24.3 Å². The number of primary sulfonamides is 1. The molecule has 0 aromatic heterocycles. The number of hydrazine groups is 1. The Labute approximate surface area is 128 Å². The van der Waals surface area contributed by atoms with Crippen LogP contribution in [0.2, 0.25) is 0 Å². The number of nitro groups is 1. The molecule has 0 radical (unpaired) electrons. The molecule has 1 aromatic carbocycles. The van der Waals surface area contributed by atoms with E-state index in [4.69, 9.17) is 5.14 Å². The Balaban J connectivity index is 2.32. The predicted octanol–water partition coefficient (Wildman–Crippen LogP) is 0.253. The largest absolute Gasteiger partial charge is 0.314 e. The van der Waals surface area contributed by atoms with Crippen LogP contribution in [0.5, 0.6) is 0 Å². The summed E-state index contributed by atoms with van der Waals surface area (Å²) in [5.74, 6) is 0. The molecule has 1 aromatic rings. The third kappa shape index (κ3) is 3.71. The van der Waals surface area contributed by atoms with E-state index < -0.39 is 14.9 Å². The molecule has 1 unspecified atom stereocenters. The maximum absolute atomic E-state index is 11.3. The third-order valence-corrected chi connectivity index (χ3v) is 4.49. The zero-order valence-corrected chi connectivity index (χ0v) is 13.0. The van der Waals surface area contributed by atoms with E-state index in [2.05, 4.69) is 10.7 Å². The molecule has 1 aliphatic rings. The molecule has 1 aliphatic heterocycles. The van der Waals surface area contributed by atoms with Gasteiger partial charge in [0.15, 0.2) is 0 Å². The van der Waals surface area contributed by atoms with Crippen LogP contribution in [0.4, 0.5) is 11.4 Å². The van der Waals surface area contributed by atoms with Gasteiger partial charge >= 0.3 is 0 Å². The standard InChI is InChI=1S/C12H19N5O4S/c1-2-9-8-14-5-6-16(9)15-11-4-3-10(22(13,20)21)7-12(11)17(18)19/h3-4,7,9,14-15H,2,5-6,8H2,1H3,(H2,13,20,21). The van der Waals surface area contributed by atoms with Crippen LogP contribution in [0.3, 0.4) is 0 Å². The summed E-state index contributed by atoms with van der Waals surface area (Å²) in [6.45, 7) is 4.27. The Morgan fingerprint density at radius 2 is 2.27 bits per heavy atom. The van der Waals surface area contributed by atoms with Crippen LogP contribution in [-0.4, -0.2) is 44.0 Å². The summed E-state index contributed by atoms with van der Waals surface area (Å²) in [7, 11) is -3.98. The van der Waals surface area contributed by atoms with Gasteiger partial charge in [0, 0.05) is 31.7 Å². The number of rotatable bonds is 5. The number of hydrogen-bond acceptors (Lipinski definition) is 7. The van der Waals surface area contributed by atoms with Crippen LogP contribution in [0.1, 0.15) is 13.3 Å². The number of benzene rings is 1. The van der Waals surface area contributed by atoms with Gasteiger partial charge < -0.3 is 10.7 Å². The van der Waals surface area contributed by atoms with Gasteiger partial charge in [-0.3, -0.25) is 10.1 Å². The van der Waals surface area contributed by atoms with Gasteiger partial charge in [-0.1, -0.05) is 6.92 Å². The Morgan fingerprint density at radius 3 is 2.86 bits per heavy atom. The fourth-order valence-corrected chi connectivity index (χ4v) is 2.90. The first-order valence-corrected chi connectivity index (χ1v) is 8.43. The molecule has 0 saturated carbocycles. The van der Waals surface area contributed by atoms with E-state index in [9.17, 15) is 18.5 Å². The second-order valence-electron chi connectivity index (χ2n) is 5.05. The molecule has 0 bridgehead atoms. The number of sulfonamides is 1. The van der Waals surface area contributed by atoms with Gasteiger partial charge in [-0.15, -0.1) is 0 Å². The van der Waals surface area contributed by atoms with Gasteiger partial charge in [0.05, 0.1) is 9.82 Å². The summed E-state index contributed by atoms with van der Waals surface area (Å²) in [4.78, 5) is 10.3. The quantitative estimate of drug-likeness (QED) is 0.521. The highest BCUT2D eigenvalue weighted by Crippen LogP contribution is 2.28. The Kier molecular flexibility index (Phi) is 4.96. The molecule has 1 saturated heterocycles. The van der Waals surface area contributed by atoms with Crippen molar-refractivity contribution < 1.29 is 13.3 Å². The number of nitrogens with zero attached hydrogens (tertiary/aromatic N) is 2. The van der Waals surface area contributed by atoms with Crippen molar-refractivity contribution in [2.75, 3.05) is 25.1 Å². The van der Waals surface area contributed by atoms with Gasteiger partial charge in [-0.2, -0.15) is 0 Å². The fourth-order valence-electron chi connectivity index (χ4n) is 2.36. The molecular formula is C12H19N5O4S. The average Bonchev–Trinajstić information content (AvgIpc) is 2.46.